The zero-order valence-corrected chi connectivity index (χ0v) is 48.7. The van der Waals surface area contributed by atoms with Gasteiger partial charge < -0.3 is 84.6 Å². The lowest BCUT2D eigenvalue weighted by molar-refractivity contribution is -0.144. The first-order chi connectivity index (χ1) is 40.4. The SMILES string of the molecule is CCC(C)C(N)C(=O)NC(Cc1ccc(O)cc1)C(=O)NC(CC(N)=O)C(=O)NC(CCC(=O)O)C(=O)NC(Cc1ccc(O)cc1)C(=O)NC(C(=O)NC(Cc1ccc(O)cc1)C(=O)NC(CC(=O)O)C(=O)NC(CC(C)C)C(=O)O)C(C)CC. The van der Waals surface area contributed by atoms with E-state index in [-0.39, 0.29) is 61.2 Å². The number of carboxylic acid groups (broad SMARTS) is 3. The van der Waals surface area contributed by atoms with E-state index in [0.29, 0.717) is 23.1 Å². The molecule has 0 saturated carbocycles. The molecule has 0 aliphatic carbocycles. The average Bonchev–Trinajstić information content (AvgIpc) is 2.49. The van der Waals surface area contributed by atoms with Gasteiger partial charge in [0.1, 0.15) is 65.6 Å². The monoisotopic (exact) mass is 1200 g/mol. The first-order valence-electron chi connectivity index (χ1n) is 27.9. The summed E-state index contributed by atoms with van der Waals surface area (Å²) in [6.07, 6.45) is -3.66. The zero-order valence-electron chi connectivity index (χ0n) is 48.7. The first-order valence-corrected chi connectivity index (χ1v) is 27.9. The van der Waals surface area contributed by atoms with Gasteiger partial charge in [-0.05, 0) is 83.7 Å². The van der Waals surface area contributed by atoms with Crippen LogP contribution in [-0.2, 0) is 76.8 Å². The Morgan fingerprint density at radius 1 is 0.419 bits per heavy atom. The van der Waals surface area contributed by atoms with Crippen LogP contribution < -0.4 is 54.0 Å². The lowest BCUT2D eigenvalue weighted by Crippen LogP contribution is -2.62. The molecule has 0 saturated heterocycles. The fourth-order valence-corrected chi connectivity index (χ4v) is 8.61. The standard InChI is InChI=1S/C58H80N10O18/c1-7-30(5)48(60)56(83)65-39(24-32-9-15-35(69)16-10-32)51(78)63-42(27-45(59)72)53(80)61-38(21-22-46(73)74)50(77)62-41(26-34-13-19-37(71)20-14-34)55(82)68-49(31(6)8-2)57(84)66-40(25-33-11-17-36(70)18-12-33)52(79)64-43(28-47(75)76)54(81)67-44(58(85)86)23-29(3)4/h9-20,29-31,38-44,48-49,69-71H,7-8,21-28,60H2,1-6H3,(H2,59,72)(H,61,80)(H,62,77)(H,63,78)(H,64,79)(H,65,83)(H,66,84)(H,67,81)(H,68,82)(H,73,74)(H,75,76)(H,85,86). The molecule has 3 aromatic rings. The topological polar surface area (TPSA) is 474 Å². The summed E-state index contributed by atoms with van der Waals surface area (Å²) in [7, 11) is 0. The Morgan fingerprint density at radius 2 is 0.756 bits per heavy atom. The molecule has 0 fully saturated rings. The number of carboxylic acids is 3. The number of carbonyl (C=O) groups excluding carboxylic acids is 9. The third-order valence-corrected chi connectivity index (χ3v) is 14.0. The van der Waals surface area contributed by atoms with Crippen LogP contribution in [0.15, 0.2) is 72.8 Å². The molecule has 28 nitrogen and oxygen atoms in total. The van der Waals surface area contributed by atoms with Crippen LogP contribution in [0.4, 0.5) is 0 Å². The number of aromatic hydroxyl groups is 3. The van der Waals surface area contributed by atoms with Gasteiger partial charge >= 0.3 is 17.9 Å². The molecule has 0 aromatic heterocycles. The predicted molar refractivity (Wildman–Crippen MR) is 308 cm³/mol. The number of nitrogens with one attached hydrogen (secondary N) is 8. The normalized spacial score (nSPS) is 14.9. The second kappa shape index (κ2) is 34.4. The third kappa shape index (κ3) is 24.1. The summed E-state index contributed by atoms with van der Waals surface area (Å²) in [4.78, 5) is 161. The molecule has 0 aliphatic rings. The van der Waals surface area contributed by atoms with Gasteiger partial charge in [0, 0.05) is 25.7 Å². The van der Waals surface area contributed by atoms with Crippen LogP contribution in [0.5, 0.6) is 17.2 Å². The van der Waals surface area contributed by atoms with Gasteiger partial charge in [-0.1, -0.05) is 90.8 Å². The molecule has 9 amide bonds. The molecule has 18 N–H and O–H groups in total. The number of carbonyl (C=O) groups is 12. The Bertz CT molecular complexity index is 2850. The third-order valence-electron chi connectivity index (χ3n) is 14.0. The molecule has 86 heavy (non-hydrogen) atoms. The molecule has 0 heterocycles. The van der Waals surface area contributed by atoms with Crippen molar-refractivity contribution in [3.63, 3.8) is 0 Å². The second-order valence-corrected chi connectivity index (χ2v) is 21.5. The number of primary amides is 1. The summed E-state index contributed by atoms with van der Waals surface area (Å²) < 4.78 is 0. The lowest BCUT2D eigenvalue weighted by atomic mass is 9.96. The minimum absolute atomic E-state index is 0.0523. The van der Waals surface area contributed by atoms with E-state index in [9.17, 15) is 88.2 Å². The zero-order chi connectivity index (χ0) is 64.5. The fourth-order valence-electron chi connectivity index (χ4n) is 8.61. The van der Waals surface area contributed by atoms with Crippen LogP contribution in [-0.4, -0.2) is 156 Å². The maximum absolute atomic E-state index is 14.7. The Morgan fingerprint density at radius 3 is 1.13 bits per heavy atom. The number of benzene rings is 3. The summed E-state index contributed by atoms with van der Waals surface area (Å²) in [6, 6.07) is 1.80. The minimum atomic E-state index is -1.87. The van der Waals surface area contributed by atoms with Gasteiger partial charge in [0.15, 0.2) is 0 Å². The quantitative estimate of drug-likeness (QED) is 0.0348. The van der Waals surface area contributed by atoms with E-state index in [1.54, 1.807) is 41.5 Å². The highest BCUT2D eigenvalue weighted by Crippen LogP contribution is 2.18. The molecule has 470 valence electrons. The maximum Gasteiger partial charge on any atom is 0.326 e. The Labute approximate surface area is 496 Å². The molecular formula is C58H80N10O18. The van der Waals surface area contributed by atoms with E-state index < -0.39 is 157 Å². The van der Waals surface area contributed by atoms with Crippen LogP contribution in [0.25, 0.3) is 0 Å². The highest BCUT2D eigenvalue weighted by Gasteiger charge is 2.38. The van der Waals surface area contributed by atoms with Gasteiger partial charge in [0.05, 0.1) is 18.9 Å². The molecule has 11 unspecified atom stereocenters. The summed E-state index contributed by atoms with van der Waals surface area (Å²) in [6.45, 7) is 10.1. The van der Waals surface area contributed by atoms with Crippen LogP contribution in [0.2, 0.25) is 0 Å². The highest BCUT2D eigenvalue weighted by molar-refractivity contribution is 5.99. The van der Waals surface area contributed by atoms with E-state index in [4.69, 9.17) is 11.5 Å². The first kappa shape index (κ1) is 70.9. The Balaban J connectivity index is 2.04. The Kier molecular flexibility index (Phi) is 28.4. The van der Waals surface area contributed by atoms with Crippen molar-refractivity contribution in [1.82, 2.24) is 42.5 Å². The van der Waals surface area contributed by atoms with Gasteiger partial charge in [0.2, 0.25) is 53.2 Å². The molecule has 0 radical (unpaired) electrons. The van der Waals surface area contributed by atoms with E-state index in [2.05, 4.69) is 42.5 Å². The van der Waals surface area contributed by atoms with Gasteiger partial charge in [-0.25, -0.2) is 4.79 Å². The smallest absolute Gasteiger partial charge is 0.326 e. The van der Waals surface area contributed by atoms with Crippen molar-refractivity contribution in [3.8, 4) is 17.2 Å². The highest BCUT2D eigenvalue weighted by atomic mass is 16.4. The number of rotatable bonds is 36. The number of hydrogen-bond donors (Lipinski definition) is 16. The van der Waals surface area contributed by atoms with Crippen molar-refractivity contribution in [1.29, 1.82) is 0 Å². The Hall–Kier alpha value is -9.34. The largest absolute Gasteiger partial charge is 0.508 e. The predicted octanol–water partition coefficient (Wildman–Crippen LogP) is -0.525. The molecular weight excluding hydrogens is 1120 g/mol. The average molecular weight is 1210 g/mol. The number of nitrogens with two attached hydrogens (primary N) is 2. The maximum atomic E-state index is 14.7. The van der Waals surface area contributed by atoms with E-state index in [1.807, 2.05) is 0 Å². The van der Waals surface area contributed by atoms with Gasteiger partial charge in [-0.2, -0.15) is 0 Å². The summed E-state index contributed by atoms with van der Waals surface area (Å²) in [5.74, 6) is -15.8. The van der Waals surface area contributed by atoms with Crippen molar-refractivity contribution in [2.45, 2.75) is 160 Å². The van der Waals surface area contributed by atoms with Crippen LogP contribution in [0.1, 0.15) is 103 Å². The molecule has 0 bridgehead atoms. The lowest BCUT2D eigenvalue weighted by Gasteiger charge is -2.30. The van der Waals surface area contributed by atoms with E-state index in [0.717, 1.165) is 0 Å². The molecule has 11 atom stereocenters. The molecule has 0 aliphatic heterocycles. The van der Waals surface area contributed by atoms with Gasteiger partial charge in [0.25, 0.3) is 0 Å². The summed E-state index contributed by atoms with van der Waals surface area (Å²) in [5, 5.41) is 78.6. The summed E-state index contributed by atoms with van der Waals surface area (Å²) >= 11 is 0. The number of phenols is 3. The molecule has 3 aromatic carbocycles. The molecule has 3 rings (SSSR count). The number of phenolic OH excluding ortho intramolecular Hbond substituents is 3. The van der Waals surface area contributed by atoms with Crippen LogP contribution in [0, 0.1) is 17.8 Å². The van der Waals surface area contributed by atoms with Crippen molar-refractivity contribution in [2.24, 2.45) is 29.2 Å². The summed E-state index contributed by atoms with van der Waals surface area (Å²) in [5.41, 5.74) is 12.7. The molecule has 28 heteroatoms. The van der Waals surface area contributed by atoms with Crippen molar-refractivity contribution in [2.75, 3.05) is 0 Å². The van der Waals surface area contributed by atoms with Crippen molar-refractivity contribution in [3.05, 3.63) is 89.5 Å². The van der Waals surface area contributed by atoms with Crippen molar-refractivity contribution >= 4 is 71.1 Å². The molecule has 0 spiro atoms. The van der Waals surface area contributed by atoms with Gasteiger partial charge in [-0.3, -0.25) is 52.7 Å². The van der Waals surface area contributed by atoms with E-state index in [1.165, 1.54) is 72.8 Å². The van der Waals surface area contributed by atoms with Crippen molar-refractivity contribution < 1.29 is 88.2 Å². The number of amides is 9. The van der Waals surface area contributed by atoms with Gasteiger partial charge in [-0.15, -0.1) is 0 Å². The van der Waals surface area contributed by atoms with Crippen LogP contribution >= 0.6 is 0 Å². The fraction of sp³-hybridized carbons (Fsp3) is 0.483. The van der Waals surface area contributed by atoms with Crippen LogP contribution in [0.3, 0.4) is 0 Å². The number of aliphatic carboxylic acids is 3. The van der Waals surface area contributed by atoms with E-state index >= 15 is 0 Å². The second-order valence-electron chi connectivity index (χ2n) is 21.5. The number of hydrogen-bond acceptors (Lipinski definition) is 16. The minimum Gasteiger partial charge on any atom is -0.508 e.